The lowest BCUT2D eigenvalue weighted by atomic mass is 10.2. The smallest absolute Gasteiger partial charge is 0.253 e. The van der Waals surface area contributed by atoms with Crippen LogP contribution in [0.25, 0.3) is 0 Å². The number of hydrogen-bond donors (Lipinski definition) is 2. The van der Waals surface area contributed by atoms with Crippen molar-refractivity contribution in [2.75, 3.05) is 38.2 Å². The number of nitrogens with one attached hydrogen (secondary N) is 2. The molecule has 26 heavy (non-hydrogen) atoms. The maximum Gasteiger partial charge on any atom is 0.253 e. The second-order valence-corrected chi connectivity index (χ2v) is 6.90. The Morgan fingerprint density at radius 2 is 1.31 bits per heavy atom. The summed E-state index contributed by atoms with van der Waals surface area (Å²) < 4.78 is 42.5. The molecule has 0 bridgehead atoms. The summed E-state index contributed by atoms with van der Waals surface area (Å²) in [4.78, 5) is 0. The summed E-state index contributed by atoms with van der Waals surface area (Å²) in [6.07, 6.45) is 1.01. The molecule has 140 valence electrons. The molecule has 0 spiro atoms. The van der Waals surface area contributed by atoms with E-state index in [0.29, 0.717) is 28.6 Å². The van der Waals surface area contributed by atoms with E-state index in [1.165, 1.54) is 14.2 Å². The third kappa shape index (κ3) is 5.85. The summed E-state index contributed by atoms with van der Waals surface area (Å²) in [6, 6.07) is 12.1. The predicted molar refractivity (Wildman–Crippen MR) is 102 cm³/mol. The molecule has 0 aliphatic carbocycles. The van der Waals surface area contributed by atoms with Gasteiger partial charge in [-0.3, -0.25) is 0 Å². The molecule has 2 rings (SSSR count). The Kier molecular flexibility index (Phi) is 6.29. The van der Waals surface area contributed by atoms with Crippen LogP contribution >= 0.6 is 0 Å². The van der Waals surface area contributed by atoms with Crippen molar-refractivity contribution in [3.63, 3.8) is 0 Å². The highest BCUT2D eigenvalue weighted by atomic mass is 32.2. The molecule has 0 radical (unpaired) electrons. The van der Waals surface area contributed by atoms with Crippen LogP contribution in [0.4, 0.5) is 11.4 Å². The van der Waals surface area contributed by atoms with Gasteiger partial charge in [0.05, 0.1) is 27.6 Å². The molecule has 0 aromatic heterocycles. The molecule has 0 atom stereocenters. The number of anilines is 2. The number of methoxy groups -OCH3 is 3. The van der Waals surface area contributed by atoms with Crippen molar-refractivity contribution in [1.82, 2.24) is 0 Å². The summed E-state index contributed by atoms with van der Waals surface area (Å²) >= 11 is 0. The third-order valence-electron chi connectivity index (χ3n) is 3.22. The highest BCUT2D eigenvalue weighted by Gasteiger charge is 2.09. The van der Waals surface area contributed by atoms with Crippen molar-refractivity contribution in [2.45, 2.75) is 0 Å². The normalized spacial score (nSPS) is 11.6. The van der Waals surface area contributed by atoms with Crippen molar-refractivity contribution >= 4 is 27.4 Å². The summed E-state index contributed by atoms with van der Waals surface area (Å²) in [5, 5.41) is 5.86. The predicted octanol–water partition coefficient (Wildman–Crippen LogP) is 2.55. The van der Waals surface area contributed by atoms with Gasteiger partial charge in [0.1, 0.15) is 17.2 Å². The van der Waals surface area contributed by atoms with Gasteiger partial charge in [-0.1, -0.05) is 0 Å². The number of benzene rings is 2. The Balaban J connectivity index is 2.32. The monoisotopic (exact) mass is 379 g/mol. The van der Waals surface area contributed by atoms with E-state index in [-0.39, 0.29) is 5.96 Å². The average molecular weight is 379 g/mol. The molecule has 0 heterocycles. The largest absolute Gasteiger partial charge is 0.497 e. The third-order valence-corrected chi connectivity index (χ3v) is 3.74. The highest BCUT2D eigenvalue weighted by molar-refractivity contribution is 7.89. The van der Waals surface area contributed by atoms with Crippen LogP contribution in [-0.4, -0.2) is 42.0 Å². The molecule has 0 saturated heterocycles. The van der Waals surface area contributed by atoms with Gasteiger partial charge < -0.3 is 24.8 Å². The van der Waals surface area contributed by atoms with E-state index in [1.54, 1.807) is 49.6 Å². The Bertz CT molecular complexity index is 858. The molecule has 0 unspecified atom stereocenters. The summed E-state index contributed by atoms with van der Waals surface area (Å²) in [6.45, 7) is 0. The van der Waals surface area contributed by atoms with Gasteiger partial charge in [-0.2, -0.15) is 0 Å². The Hall–Kier alpha value is -2.94. The van der Waals surface area contributed by atoms with Crippen LogP contribution in [0.15, 0.2) is 46.9 Å². The van der Waals surface area contributed by atoms with Gasteiger partial charge in [-0.25, -0.2) is 8.42 Å². The standard InChI is InChI=1S/C17H21N3O5S/c1-23-14-7-5-12(6-8-14)18-17(20-26(4,21)22)19-13-9-15(24-2)11-16(10-13)25-3/h5-11H,1-4H3,(H2,18,19,20). The van der Waals surface area contributed by atoms with Gasteiger partial charge in [0.25, 0.3) is 10.0 Å². The van der Waals surface area contributed by atoms with Crippen molar-refractivity contribution in [1.29, 1.82) is 0 Å². The molecule has 2 N–H and O–H groups in total. The number of hydrogen-bond acceptors (Lipinski definition) is 5. The highest BCUT2D eigenvalue weighted by Crippen LogP contribution is 2.26. The Labute approximate surface area is 152 Å². The van der Waals surface area contributed by atoms with E-state index in [0.717, 1.165) is 6.26 Å². The fourth-order valence-corrected chi connectivity index (χ4v) is 2.49. The van der Waals surface area contributed by atoms with Crippen LogP contribution in [0.1, 0.15) is 0 Å². The van der Waals surface area contributed by atoms with Gasteiger partial charge in [0.2, 0.25) is 5.96 Å². The first-order valence-electron chi connectivity index (χ1n) is 7.54. The van der Waals surface area contributed by atoms with E-state index in [2.05, 4.69) is 15.0 Å². The fraction of sp³-hybridized carbons (Fsp3) is 0.235. The first-order chi connectivity index (χ1) is 12.3. The minimum atomic E-state index is -3.63. The van der Waals surface area contributed by atoms with Gasteiger partial charge in [-0.05, 0) is 24.3 Å². The van der Waals surface area contributed by atoms with Crippen molar-refractivity contribution in [3.05, 3.63) is 42.5 Å². The van der Waals surface area contributed by atoms with Gasteiger partial charge in [0, 0.05) is 29.6 Å². The maximum atomic E-state index is 11.6. The molecule has 0 aliphatic rings. The zero-order valence-corrected chi connectivity index (χ0v) is 15.8. The van der Waals surface area contributed by atoms with Crippen LogP contribution in [0.2, 0.25) is 0 Å². The van der Waals surface area contributed by atoms with Crippen LogP contribution in [0, 0.1) is 0 Å². The Morgan fingerprint density at radius 3 is 1.77 bits per heavy atom. The topological polar surface area (TPSA) is 98.2 Å². The molecule has 0 saturated carbocycles. The number of nitrogens with zero attached hydrogens (tertiary/aromatic N) is 1. The fourth-order valence-electron chi connectivity index (χ4n) is 2.07. The SMILES string of the molecule is COc1ccc(NC(=NS(C)(=O)=O)Nc2cc(OC)cc(OC)c2)cc1. The quantitative estimate of drug-likeness (QED) is 0.588. The van der Waals surface area contributed by atoms with Crippen LogP contribution in [-0.2, 0) is 10.0 Å². The van der Waals surface area contributed by atoms with Gasteiger partial charge in [-0.15, -0.1) is 4.40 Å². The minimum absolute atomic E-state index is 0.0352. The molecule has 8 nitrogen and oxygen atoms in total. The molecule has 0 fully saturated rings. The first kappa shape index (κ1) is 19.4. The lowest BCUT2D eigenvalue weighted by Crippen LogP contribution is -2.23. The first-order valence-corrected chi connectivity index (χ1v) is 9.39. The molecule has 2 aromatic carbocycles. The zero-order valence-electron chi connectivity index (χ0n) is 14.9. The Morgan fingerprint density at radius 1 is 0.808 bits per heavy atom. The molecule has 9 heteroatoms. The zero-order chi connectivity index (χ0) is 19.2. The number of ether oxygens (including phenoxy) is 3. The van der Waals surface area contributed by atoms with E-state index in [1.807, 2.05) is 0 Å². The van der Waals surface area contributed by atoms with E-state index >= 15 is 0 Å². The summed E-state index contributed by atoms with van der Waals surface area (Å²) in [5.41, 5.74) is 1.18. The second kappa shape index (κ2) is 8.43. The van der Waals surface area contributed by atoms with Crippen molar-refractivity contribution < 1.29 is 22.6 Å². The van der Waals surface area contributed by atoms with E-state index in [4.69, 9.17) is 14.2 Å². The van der Waals surface area contributed by atoms with Crippen molar-refractivity contribution in [3.8, 4) is 17.2 Å². The average Bonchev–Trinajstić information content (AvgIpc) is 2.60. The van der Waals surface area contributed by atoms with Gasteiger partial charge in [0.15, 0.2) is 0 Å². The molecular weight excluding hydrogens is 358 g/mol. The van der Waals surface area contributed by atoms with Gasteiger partial charge >= 0.3 is 0 Å². The van der Waals surface area contributed by atoms with Crippen LogP contribution in [0.3, 0.4) is 0 Å². The summed E-state index contributed by atoms with van der Waals surface area (Å²) in [5.74, 6) is 1.82. The minimum Gasteiger partial charge on any atom is -0.497 e. The second-order valence-electron chi connectivity index (χ2n) is 5.25. The lowest BCUT2D eigenvalue weighted by Gasteiger charge is -2.14. The number of sulfonamides is 1. The van der Waals surface area contributed by atoms with Crippen LogP contribution < -0.4 is 24.8 Å². The lowest BCUT2D eigenvalue weighted by molar-refractivity contribution is 0.395. The number of rotatable bonds is 6. The molecular formula is C17H21N3O5S. The number of guanidine groups is 1. The van der Waals surface area contributed by atoms with Crippen molar-refractivity contribution in [2.24, 2.45) is 4.40 Å². The van der Waals surface area contributed by atoms with E-state index in [9.17, 15) is 8.42 Å². The molecule has 0 aliphatic heterocycles. The summed E-state index contributed by atoms with van der Waals surface area (Å²) in [7, 11) is 0.989. The maximum absolute atomic E-state index is 11.6. The van der Waals surface area contributed by atoms with E-state index < -0.39 is 10.0 Å². The molecule has 0 amide bonds. The van der Waals surface area contributed by atoms with Crippen LogP contribution in [0.5, 0.6) is 17.2 Å². The molecule has 2 aromatic rings.